The molecular formula is C3H9NO3. The zero-order valence-electron chi connectivity index (χ0n) is 3.87. The molecule has 7 heavy (non-hydrogen) atoms. The molecule has 4 heteroatoms. The van der Waals surface area contributed by atoms with E-state index in [0.717, 1.165) is 0 Å². The van der Waals surface area contributed by atoms with Gasteiger partial charge in [-0.25, -0.2) is 0 Å². The van der Waals surface area contributed by atoms with E-state index >= 15 is 0 Å². The van der Waals surface area contributed by atoms with E-state index in [2.05, 4.69) is 0 Å². The molecule has 0 radical (unpaired) electrons. The fourth-order valence-electron chi connectivity index (χ4n) is 0. The van der Waals surface area contributed by atoms with Crippen LogP contribution in [-0.2, 0) is 4.79 Å². The Morgan fingerprint density at radius 2 is 1.86 bits per heavy atom. The maximum atomic E-state index is 8.36. The second-order valence-electron chi connectivity index (χ2n) is 0.618. The van der Waals surface area contributed by atoms with Crippen molar-refractivity contribution >= 4 is 6.47 Å². The zero-order chi connectivity index (χ0) is 6.12. The molecule has 0 unspecified atom stereocenters. The summed E-state index contributed by atoms with van der Waals surface area (Å²) >= 11 is 0. The maximum Gasteiger partial charge on any atom is 0.290 e. The largest absolute Gasteiger partial charge is 0.483 e. The van der Waals surface area contributed by atoms with Crippen molar-refractivity contribution in [3.8, 4) is 0 Å². The van der Waals surface area contributed by atoms with Gasteiger partial charge < -0.3 is 15.9 Å². The van der Waals surface area contributed by atoms with Crippen molar-refractivity contribution in [3.05, 3.63) is 0 Å². The summed E-state index contributed by atoms with van der Waals surface area (Å²) in [5.41, 5.74) is 4.78. The van der Waals surface area contributed by atoms with Gasteiger partial charge in [-0.1, -0.05) is 0 Å². The predicted molar refractivity (Wildman–Crippen MR) is 24.8 cm³/mol. The van der Waals surface area contributed by atoms with Crippen molar-refractivity contribution < 1.29 is 15.0 Å². The van der Waals surface area contributed by atoms with Gasteiger partial charge in [0, 0.05) is 6.54 Å². The van der Waals surface area contributed by atoms with E-state index in [1.165, 1.54) is 0 Å². The zero-order valence-corrected chi connectivity index (χ0v) is 3.87. The number of aliphatic hydroxyl groups excluding tert-OH is 1. The Balaban J connectivity index is 0. The number of rotatable bonds is 1. The summed E-state index contributed by atoms with van der Waals surface area (Å²) in [5.74, 6) is 0. The van der Waals surface area contributed by atoms with Crippen molar-refractivity contribution in [3.63, 3.8) is 0 Å². The third-order valence-electron chi connectivity index (χ3n) is 0.129. The van der Waals surface area contributed by atoms with Crippen LogP contribution in [0.1, 0.15) is 0 Å². The summed E-state index contributed by atoms with van der Waals surface area (Å²) in [5, 5.41) is 14.6. The van der Waals surface area contributed by atoms with Crippen LogP contribution in [0.25, 0.3) is 0 Å². The van der Waals surface area contributed by atoms with E-state index in [4.69, 9.17) is 20.7 Å². The first-order chi connectivity index (χ1) is 3.33. The highest BCUT2D eigenvalue weighted by Gasteiger charge is 1.56. The predicted octanol–water partition coefficient (Wildman–Crippen LogP) is -1.36. The number of hydrogen-bond acceptors (Lipinski definition) is 3. The number of nitrogens with two attached hydrogens (primary N) is 1. The summed E-state index contributed by atoms with van der Waals surface area (Å²) in [6.45, 7) is 0.222. The molecule has 4 N–H and O–H groups in total. The average molecular weight is 107 g/mol. The lowest BCUT2D eigenvalue weighted by Gasteiger charge is -1.71. The lowest BCUT2D eigenvalue weighted by atomic mass is 10.8. The summed E-state index contributed by atoms with van der Waals surface area (Å²) in [6, 6.07) is 0. The van der Waals surface area contributed by atoms with Crippen molar-refractivity contribution in [2.45, 2.75) is 0 Å². The first kappa shape index (κ1) is 9.63. The molecule has 0 aromatic heterocycles. The Morgan fingerprint density at radius 3 is 1.86 bits per heavy atom. The Morgan fingerprint density at radius 1 is 1.71 bits per heavy atom. The van der Waals surface area contributed by atoms with Gasteiger partial charge in [0.1, 0.15) is 0 Å². The second-order valence-corrected chi connectivity index (χ2v) is 0.618. The third-order valence-corrected chi connectivity index (χ3v) is 0.129. The van der Waals surface area contributed by atoms with Gasteiger partial charge in [0.15, 0.2) is 0 Å². The maximum absolute atomic E-state index is 8.36. The molecule has 4 nitrogen and oxygen atoms in total. The first-order valence-electron chi connectivity index (χ1n) is 1.72. The molecule has 0 saturated carbocycles. The molecule has 0 aliphatic heterocycles. The summed E-state index contributed by atoms with van der Waals surface area (Å²) in [6.07, 6.45) is 0. The molecule has 0 heterocycles. The first-order valence-corrected chi connectivity index (χ1v) is 1.72. The topological polar surface area (TPSA) is 83.5 Å². The van der Waals surface area contributed by atoms with Crippen LogP contribution in [-0.4, -0.2) is 29.8 Å². The minimum absolute atomic E-state index is 0.0972. The smallest absolute Gasteiger partial charge is 0.290 e. The Bertz CT molecular complexity index is 29.4. The molecule has 0 bridgehead atoms. The second kappa shape index (κ2) is 18.2. The van der Waals surface area contributed by atoms with Gasteiger partial charge in [0.05, 0.1) is 6.61 Å². The van der Waals surface area contributed by atoms with Crippen LogP contribution in [0.3, 0.4) is 0 Å². The highest BCUT2D eigenvalue weighted by molar-refractivity contribution is 5.32. The Hall–Kier alpha value is -0.610. The van der Waals surface area contributed by atoms with Gasteiger partial charge in [-0.15, -0.1) is 0 Å². The number of carbonyl (C=O) groups is 1. The number of carboxylic acid groups (broad SMARTS) is 1. The van der Waals surface area contributed by atoms with Crippen LogP contribution < -0.4 is 5.73 Å². The summed E-state index contributed by atoms with van der Waals surface area (Å²) in [7, 11) is 0. The minimum Gasteiger partial charge on any atom is -0.483 e. The van der Waals surface area contributed by atoms with E-state index in [0.29, 0.717) is 6.54 Å². The molecular weight excluding hydrogens is 98.0 g/mol. The minimum atomic E-state index is -0.250. The lowest BCUT2D eigenvalue weighted by Crippen LogP contribution is -2.02. The summed E-state index contributed by atoms with van der Waals surface area (Å²) < 4.78 is 0. The highest BCUT2D eigenvalue weighted by atomic mass is 16.3. The molecule has 0 rings (SSSR count). The van der Waals surface area contributed by atoms with E-state index in [-0.39, 0.29) is 13.1 Å². The highest BCUT2D eigenvalue weighted by Crippen LogP contribution is 1.33. The van der Waals surface area contributed by atoms with Gasteiger partial charge in [-0.2, -0.15) is 0 Å². The van der Waals surface area contributed by atoms with E-state index in [9.17, 15) is 0 Å². The van der Waals surface area contributed by atoms with Gasteiger partial charge in [-0.05, 0) is 0 Å². The van der Waals surface area contributed by atoms with Crippen LogP contribution in [0.2, 0.25) is 0 Å². The van der Waals surface area contributed by atoms with Crippen LogP contribution in [0, 0.1) is 0 Å². The van der Waals surface area contributed by atoms with Crippen LogP contribution in [0.4, 0.5) is 0 Å². The molecule has 0 amide bonds. The third kappa shape index (κ3) is 407. The molecule has 0 aliphatic rings. The van der Waals surface area contributed by atoms with Gasteiger partial charge in [-0.3, -0.25) is 4.79 Å². The fraction of sp³-hybridized carbons (Fsp3) is 0.667. The van der Waals surface area contributed by atoms with Crippen molar-refractivity contribution in [1.29, 1.82) is 0 Å². The number of hydrogen-bond donors (Lipinski definition) is 3. The van der Waals surface area contributed by atoms with E-state index in [1.54, 1.807) is 0 Å². The molecule has 0 aliphatic carbocycles. The van der Waals surface area contributed by atoms with Gasteiger partial charge >= 0.3 is 0 Å². The SMILES string of the molecule is NCCO.O=CO. The van der Waals surface area contributed by atoms with Crippen LogP contribution in [0.15, 0.2) is 0 Å². The van der Waals surface area contributed by atoms with Crippen molar-refractivity contribution in [2.75, 3.05) is 13.2 Å². The van der Waals surface area contributed by atoms with Gasteiger partial charge in [0.25, 0.3) is 6.47 Å². The van der Waals surface area contributed by atoms with E-state index in [1.807, 2.05) is 0 Å². The van der Waals surface area contributed by atoms with Gasteiger partial charge in [0.2, 0.25) is 0 Å². The number of aliphatic hydroxyl groups is 1. The molecule has 0 saturated heterocycles. The van der Waals surface area contributed by atoms with Crippen molar-refractivity contribution in [2.24, 2.45) is 5.73 Å². The molecule has 0 aromatic rings. The standard InChI is InChI=1S/C2H7NO.CH2O2/c3-1-2-4;2-1-3/h4H,1-3H2;1H,(H,2,3). The Labute approximate surface area is 41.6 Å². The Kier molecular flexibility index (Phi) is 25.0. The molecule has 44 valence electrons. The molecule has 0 spiro atoms. The quantitative estimate of drug-likeness (QED) is 0.361. The summed E-state index contributed by atoms with van der Waals surface area (Å²) in [4.78, 5) is 8.36. The molecule has 0 fully saturated rings. The van der Waals surface area contributed by atoms with E-state index < -0.39 is 0 Å². The van der Waals surface area contributed by atoms with Crippen molar-refractivity contribution in [1.82, 2.24) is 0 Å². The average Bonchev–Trinajstić information content (AvgIpc) is 1.69. The molecule has 0 atom stereocenters. The molecule has 0 aromatic carbocycles. The lowest BCUT2D eigenvalue weighted by molar-refractivity contribution is -0.122. The van der Waals surface area contributed by atoms with Crippen LogP contribution >= 0.6 is 0 Å². The fourth-order valence-corrected chi connectivity index (χ4v) is 0. The normalized spacial score (nSPS) is 6.00. The van der Waals surface area contributed by atoms with Crippen LogP contribution in [0.5, 0.6) is 0 Å². The monoisotopic (exact) mass is 107 g/mol.